The first-order valence-electron chi connectivity index (χ1n) is 7.37. The summed E-state index contributed by atoms with van der Waals surface area (Å²) in [6, 6.07) is 18.7. The van der Waals surface area contributed by atoms with Crippen LogP contribution in [0.2, 0.25) is 0 Å². The van der Waals surface area contributed by atoms with Crippen LogP contribution in [0.3, 0.4) is 0 Å². The van der Waals surface area contributed by atoms with Crippen molar-refractivity contribution in [1.29, 1.82) is 0 Å². The van der Waals surface area contributed by atoms with Crippen LogP contribution in [-0.4, -0.2) is 9.78 Å². The largest absolute Gasteiger partial charge is 0.266 e. The lowest BCUT2D eigenvalue weighted by Crippen LogP contribution is -2.22. The Bertz CT molecular complexity index is 765. The molecule has 0 bridgehead atoms. The molecule has 0 aliphatic rings. The van der Waals surface area contributed by atoms with Crippen molar-refractivity contribution in [3.05, 3.63) is 65.3 Å². The summed E-state index contributed by atoms with van der Waals surface area (Å²) in [5.41, 5.74) is 4.46. The summed E-state index contributed by atoms with van der Waals surface area (Å²) < 4.78 is 3.12. The number of aromatic nitrogens is 2. The number of rotatable bonds is 2. The SMILES string of the molecule is CC(C)(C)n1cc(-c2ccccc2)c(-c2ccc(Br)cc2)n1. The molecule has 0 aliphatic carbocycles. The van der Waals surface area contributed by atoms with E-state index in [0.29, 0.717) is 0 Å². The minimum atomic E-state index is -0.0445. The van der Waals surface area contributed by atoms with Crippen molar-refractivity contribution in [2.24, 2.45) is 0 Å². The van der Waals surface area contributed by atoms with Gasteiger partial charge in [-0.1, -0.05) is 58.4 Å². The van der Waals surface area contributed by atoms with Crippen LogP contribution >= 0.6 is 15.9 Å². The fourth-order valence-corrected chi connectivity index (χ4v) is 2.63. The van der Waals surface area contributed by atoms with Crippen molar-refractivity contribution >= 4 is 15.9 Å². The first kappa shape index (κ1) is 15.0. The van der Waals surface area contributed by atoms with E-state index in [2.05, 4.69) is 91.4 Å². The van der Waals surface area contributed by atoms with E-state index in [0.717, 1.165) is 21.3 Å². The number of benzene rings is 2. The van der Waals surface area contributed by atoms with E-state index < -0.39 is 0 Å². The first-order chi connectivity index (χ1) is 10.4. The van der Waals surface area contributed by atoms with Gasteiger partial charge in [0.1, 0.15) is 5.69 Å². The second-order valence-electron chi connectivity index (χ2n) is 6.38. The van der Waals surface area contributed by atoms with Crippen LogP contribution in [0.5, 0.6) is 0 Å². The Hall–Kier alpha value is -1.87. The number of nitrogens with zero attached hydrogens (tertiary/aromatic N) is 2. The third-order valence-electron chi connectivity index (χ3n) is 3.60. The molecule has 22 heavy (non-hydrogen) atoms. The fraction of sp³-hybridized carbons (Fsp3) is 0.211. The maximum Gasteiger partial charge on any atom is 0.100 e. The molecule has 0 unspecified atom stereocenters. The third-order valence-corrected chi connectivity index (χ3v) is 4.13. The zero-order valence-electron chi connectivity index (χ0n) is 13.0. The van der Waals surface area contributed by atoms with Crippen molar-refractivity contribution in [3.63, 3.8) is 0 Å². The van der Waals surface area contributed by atoms with Gasteiger partial charge in [-0.25, -0.2) is 0 Å². The van der Waals surface area contributed by atoms with Crippen LogP contribution in [0.4, 0.5) is 0 Å². The Balaban J connectivity index is 2.19. The van der Waals surface area contributed by atoms with Gasteiger partial charge in [-0.3, -0.25) is 4.68 Å². The van der Waals surface area contributed by atoms with Gasteiger partial charge in [-0.05, 0) is 38.5 Å². The van der Waals surface area contributed by atoms with Gasteiger partial charge in [0, 0.05) is 21.8 Å². The molecule has 0 amide bonds. The summed E-state index contributed by atoms with van der Waals surface area (Å²) >= 11 is 3.49. The minimum absolute atomic E-state index is 0.0445. The first-order valence-corrected chi connectivity index (χ1v) is 8.16. The van der Waals surface area contributed by atoms with Crippen LogP contribution in [-0.2, 0) is 5.54 Å². The fourth-order valence-electron chi connectivity index (χ4n) is 2.37. The maximum atomic E-state index is 4.86. The highest BCUT2D eigenvalue weighted by atomic mass is 79.9. The topological polar surface area (TPSA) is 17.8 Å². The molecule has 1 heterocycles. The Kier molecular flexibility index (Phi) is 3.92. The molecule has 0 saturated carbocycles. The maximum absolute atomic E-state index is 4.86. The predicted octanol–water partition coefficient (Wildman–Crippen LogP) is 5.73. The summed E-state index contributed by atoms with van der Waals surface area (Å²) in [6.07, 6.45) is 2.15. The Morgan fingerprint density at radius 3 is 2.09 bits per heavy atom. The van der Waals surface area contributed by atoms with E-state index in [4.69, 9.17) is 5.10 Å². The van der Waals surface area contributed by atoms with E-state index >= 15 is 0 Å². The van der Waals surface area contributed by atoms with Gasteiger partial charge in [0.25, 0.3) is 0 Å². The number of hydrogen-bond donors (Lipinski definition) is 0. The van der Waals surface area contributed by atoms with E-state index in [1.54, 1.807) is 0 Å². The third kappa shape index (κ3) is 3.00. The van der Waals surface area contributed by atoms with E-state index in [-0.39, 0.29) is 5.54 Å². The van der Waals surface area contributed by atoms with E-state index in [1.165, 1.54) is 5.56 Å². The average Bonchev–Trinajstić information content (AvgIpc) is 2.94. The molecular weight excluding hydrogens is 336 g/mol. The lowest BCUT2D eigenvalue weighted by Gasteiger charge is -2.18. The van der Waals surface area contributed by atoms with Gasteiger partial charge < -0.3 is 0 Å². The van der Waals surface area contributed by atoms with Crippen LogP contribution in [0.1, 0.15) is 20.8 Å². The molecule has 112 valence electrons. The van der Waals surface area contributed by atoms with Crippen LogP contribution < -0.4 is 0 Å². The van der Waals surface area contributed by atoms with Crippen molar-refractivity contribution < 1.29 is 0 Å². The lowest BCUT2D eigenvalue weighted by atomic mass is 10.0. The lowest BCUT2D eigenvalue weighted by molar-refractivity contribution is 0.356. The molecule has 0 fully saturated rings. The van der Waals surface area contributed by atoms with Gasteiger partial charge in [0.2, 0.25) is 0 Å². The van der Waals surface area contributed by atoms with Gasteiger partial charge in [-0.2, -0.15) is 5.10 Å². The van der Waals surface area contributed by atoms with Crippen LogP contribution in [0, 0.1) is 0 Å². The average molecular weight is 355 g/mol. The summed E-state index contributed by atoms with van der Waals surface area (Å²) in [7, 11) is 0. The van der Waals surface area contributed by atoms with Gasteiger partial charge >= 0.3 is 0 Å². The molecular formula is C19H19BrN2. The highest BCUT2D eigenvalue weighted by Crippen LogP contribution is 2.33. The van der Waals surface area contributed by atoms with E-state index in [1.807, 2.05) is 10.7 Å². The molecule has 3 aromatic rings. The Morgan fingerprint density at radius 1 is 0.864 bits per heavy atom. The molecule has 2 nitrogen and oxygen atoms in total. The monoisotopic (exact) mass is 354 g/mol. The van der Waals surface area contributed by atoms with Gasteiger partial charge in [0.05, 0.1) is 5.54 Å². The molecule has 0 atom stereocenters. The van der Waals surface area contributed by atoms with Crippen molar-refractivity contribution in [2.45, 2.75) is 26.3 Å². The minimum Gasteiger partial charge on any atom is -0.266 e. The molecule has 2 aromatic carbocycles. The second kappa shape index (κ2) is 5.73. The molecule has 0 N–H and O–H groups in total. The Labute approximate surface area is 139 Å². The molecule has 0 radical (unpaired) electrons. The van der Waals surface area contributed by atoms with Gasteiger partial charge in [-0.15, -0.1) is 0 Å². The van der Waals surface area contributed by atoms with Crippen molar-refractivity contribution in [3.8, 4) is 22.4 Å². The van der Waals surface area contributed by atoms with Crippen LogP contribution in [0.25, 0.3) is 22.4 Å². The standard InChI is InChI=1S/C19H19BrN2/c1-19(2,3)22-13-17(14-7-5-4-6-8-14)18(21-22)15-9-11-16(20)12-10-15/h4-13H,1-3H3. The van der Waals surface area contributed by atoms with Gasteiger partial charge in [0.15, 0.2) is 0 Å². The summed E-state index contributed by atoms with van der Waals surface area (Å²) in [4.78, 5) is 0. The van der Waals surface area contributed by atoms with Crippen molar-refractivity contribution in [1.82, 2.24) is 9.78 Å². The number of hydrogen-bond acceptors (Lipinski definition) is 1. The summed E-state index contributed by atoms with van der Waals surface area (Å²) in [5.74, 6) is 0. The summed E-state index contributed by atoms with van der Waals surface area (Å²) in [5, 5.41) is 4.86. The zero-order valence-corrected chi connectivity index (χ0v) is 14.6. The smallest absolute Gasteiger partial charge is 0.100 e. The molecule has 3 heteroatoms. The molecule has 1 aromatic heterocycles. The quantitative estimate of drug-likeness (QED) is 0.574. The molecule has 3 rings (SSSR count). The van der Waals surface area contributed by atoms with Crippen LogP contribution in [0.15, 0.2) is 65.3 Å². The summed E-state index contributed by atoms with van der Waals surface area (Å²) in [6.45, 7) is 6.50. The Morgan fingerprint density at radius 2 is 1.50 bits per heavy atom. The zero-order chi connectivity index (χ0) is 15.7. The molecule has 0 spiro atoms. The predicted molar refractivity (Wildman–Crippen MR) is 95.8 cm³/mol. The number of halogens is 1. The van der Waals surface area contributed by atoms with Crippen molar-refractivity contribution in [2.75, 3.05) is 0 Å². The highest BCUT2D eigenvalue weighted by Gasteiger charge is 2.19. The molecule has 0 aliphatic heterocycles. The highest BCUT2D eigenvalue weighted by molar-refractivity contribution is 9.10. The second-order valence-corrected chi connectivity index (χ2v) is 7.30. The van der Waals surface area contributed by atoms with E-state index in [9.17, 15) is 0 Å². The molecule has 0 saturated heterocycles. The normalized spacial score (nSPS) is 11.6.